The molecular weight excluding hydrogens is 254 g/mol. The number of ether oxygens (including phenoxy) is 1. The number of nitrogen functional groups attached to an aromatic ring is 1. The summed E-state index contributed by atoms with van der Waals surface area (Å²) in [6, 6.07) is 1.80. The zero-order valence-electron chi connectivity index (χ0n) is 12.6. The van der Waals surface area contributed by atoms with Gasteiger partial charge in [-0.2, -0.15) is 0 Å². The Morgan fingerprint density at radius 3 is 2.50 bits per heavy atom. The van der Waals surface area contributed by atoms with E-state index in [4.69, 9.17) is 10.6 Å². The van der Waals surface area contributed by atoms with Crippen LogP contribution in [-0.2, 0) is 11.3 Å². The number of aromatic nitrogens is 2. The Morgan fingerprint density at radius 1 is 1.10 bits per heavy atom. The van der Waals surface area contributed by atoms with E-state index in [0.717, 1.165) is 18.8 Å². The van der Waals surface area contributed by atoms with Gasteiger partial charge >= 0.3 is 0 Å². The van der Waals surface area contributed by atoms with Gasteiger partial charge < -0.3 is 15.5 Å². The first kappa shape index (κ1) is 16.7. The Hall–Kier alpha value is -1.40. The largest absolute Gasteiger partial charge is 0.377 e. The van der Waals surface area contributed by atoms with E-state index in [1.807, 2.05) is 0 Å². The van der Waals surface area contributed by atoms with E-state index in [0.29, 0.717) is 18.2 Å². The first-order chi connectivity index (χ1) is 9.80. The first-order valence-corrected chi connectivity index (χ1v) is 7.37. The van der Waals surface area contributed by atoms with Gasteiger partial charge in [-0.15, -0.1) is 0 Å². The number of nitrogens with zero attached hydrogens (tertiary/aromatic N) is 2. The number of hydrazine groups is 1. The molecule has 1 heterocycles. The SMILES string of the molecule is CCCCCCCCNc1cc(NN)nc(COC)n1. The number of methoxy groups -OCH3 is 1. The van der Waals surface area contributed by atoms with E-state index in [9.17, 15) is 0 Å². The number of nitrogens with two attached hydrogens (primary N) is 1. The summed E-state index contributed by atoms with van der Waals surface area (Å²) < 4.78 is 5.04. The van der Waals surface area contributed by atoms with Crippen LogP contribution in [0, 0.1) is 0 Å². The Labute approximate surface area is 121 Å². The zero-order valence-corrected chi connectivity index (χ0v) is 12.6. The van der Waals surface area contributed by atoms with Crippen molar-refractivity contribution < 1.29 is 4.74 Å². The molecule has 1 aromatic heterocycles. The second-order valence-electron chi connectivity index (χ2n) is 4.83. The molecule has 0 atom stereocenters. The third kappa shape index (κ3) is 6.68. The molecule has 0 saturated heterocycles. The summed E-state index contributed by atoms with van der Waals surface area (Å²) in [7, 11) is 1.62. The van der Waals surface area contributed by atoms with Crippen molar-refractivity contribution in [3.8, 4) is 0 Å². The van der Waals surface area contributed by atoms with Gasteiger partial charge in [0.2, 0.25) is 0 Å². The van der Waals surface area contributed by atoms with Gasteiger partial charge in [-0.3, -0.25) is 0 Å². The average molecular weight is 281 g/mol. The smallest absolute Gasteiger partial charge is 0.158 e. The van der Waals surface area contributed by atoms with Gasteiger partial charge in [-0.25, -0.2) is 15.8 Å². The molecule has 0 aliphatic carbocycles. The molecule has 0 unspecified atom stereocenters. The fourth-order valence-electron chi connectivity index (χ4n) is 1.98. The summed E-state index contributed by atoms with van der Waals surface area (Å²) >= 11 is 0. The molecule has 0 amide bonds. The lowest BCUT2D eigenvalue weighted by molar-refractivity contribution is 0.178. The quantitative estimate of drug-likeness (QED) is 0.328. The molecule has 1 aromatic rings. The van der Waals surface area contributed by atoms with Gasteiger partial charge in [0.25, 0.3) is 0 Å². The molecule has 0 aliphatic rings. The molecule has 0 radical (unpaired) electrons. The molecule has 4 N–H and O–H groups in total. The van der Waals surface area contributed by atoms with Crippen molar-refractivity contribution in [2.24, 2.45) is 5.84 Å². The highest BCUT2D eigenvalue weighted by Crippen LogP contribution is 2.12. The standard InChI is InChI=1S/C14H27N5O/c1-3-4-5-6-7-8-9-16-12-10-13(19-15)18-14(17-12)11-20-2/h10H,3-9,11,15H2,1-2H3,(H2,16,17,18,19). The van der Waals surface area contributed by atoms with E-state index in [1.54, 1.807) is 13.2 Å². The normalized spacial score (nSPS) is 10.6. The van der Waals surface area contributed by atoms with Crippen molar-refractivity contribution in [1.29, 1.82) is 0 Å². The van der Waals surface area contributed by atoms with Gasteiger partial charge in [-0.05, 0) is 6.42 Å². The Morgan fingerprint density at radius 2 is 1.80 bits per heavy atom. The summed E-state index contributed by atoms with van der Waals surface area (Å²) in [4.78, 5) is 8.58. The number of hydrogen-bond donors (Lipinski definition) is 3. The van der Waals surface area contributed by atoms with Crippen molar-refractivity contribution in [3.63, 3.8) is 0 Å². The van der Waals surface area contributed by atoms with Crippen molar-refractivity contribution in [2.75, 3.05) is 24.4 Å². The summed E-state index contributed by atoms with van der Waals surface area (Å²) in [5, 5.41) is 3.31. The maximum atomic E-state index is 5.40. The van der Waals surface area contributed by atoms with E-state index < -0.39 is 0 Å². The van der Waals surface area contributed by atoms with Gasteiger partial charge in [-0.1, -0.05) is 39.0 Å². The Bertz CT molecular complexity index is 373. The molecule has 114 valence electrons. The number of hydrogen-bond acceptors (Lipinski definition) is 6. The van der Waals surface area contributed by atoms with E-state index >= 15 is 0 Å². The number of nitrogens with one attached hydrogen (secondary N) is 2. The highest BCUT2D eigenvalue weighted by molar-refractivity contribution is 5.46. The number of rotatable bonds is 11. The lowest BCUT2D eigenvalue weighted by atomic mass is 10.1. The molecule has 0 bridgehead atoms. The maximum Gasteiger partial charge on any atom is 0.158 e. The molecule has 0 aliphatic heterocycles. The third-order valence-electron chi connectivity index (χ3n) is 3.03. The van der Waals surface area contributed by atoms with Gasteiger partial charge in [0.1, 0.15) is 18.2 Å². The van der Waals surface area contributed by atoms with Gasteiger partial charge in [0.15, 0.2) is 5.82 Å². The summed E-state index contributed by atoms with van der Waals surface area (Å²) in [6.07, 6.45) is 7.68. The molecule has 0 spiro atoms. The molecule has 0 aromatic carbocycles. The zero-order chi connectivity index (χ0) is 14.6. The number of unbranched alkanes of at least 4 members (excludes halogenated alkanes) is 5. The van der Waals surface area contributed by atoms with Crippen LogP contribution in [0.1, 0.15) is 51.3 Å². The number of anilines is 2. The lowest BCUT2D eigenvalue weighted by Gasteiger charge is -2.09. The summed E-state index contributed by atoms with van der Waals surface area (Å²) in [5.74, 6) is 7.40. The highest BCUT2D eigenvalue weighted by Gasteiger charge is 2.03. The van der Waals surface area contributed by atoms with Crippen LogP contribution in [0.2, 0.25) is 0 Å². The molecule has 6 nitrogen and oxygen atoms in total. The molecule has 0 fully saturated rings. The Kier molecular flexibility index (Phi) is 8.66. The molecule has 1 rings (SSSR count). The first-order valence-electron chi connectivity index (χ1n) is 7.37. The minimum Gasteiger partial charge on any atom is -0.377 e. The van der Waals surface area contributed by atoms with E-state index in [2.05, 4.69) is 27.6 Å². The van der Waals surface area contributed by atoms with Crippen LogP contribution in [-0.4, -0.2) is 23.6 Å². The maximum absolute atomic E-state index is 5.40. The average Bonchev–Trinajstić information content (AvgIpc) is 2.46. The monoisotopic (exact) mass is 281 g/mol. The van der Waals surface area contributed by atoms with Gasteiger partial charge in [0, 0.05) is 19.7 Å². The molecule has 20 heavy (non-hydrogen) atoms. The molecular formula is C14H27N5O. The van der Waals surface area contributed by atoms with Gasteiger partial charge in [0.05, 0.1) is 0 Å². The van der Waals surface area contributed by atoms with Crippen LogP contribution in [0.15, 0.2) is 6.07 Å². The van der Waals surface area contributed by atoms with E-state index in [1.165, 1.54) is 32.1 Å². The molecule has 0 saturated carbocycles. The van der Waals surface area contributed by atoms with E-state index in [-0.39, 0.29) is 0 Å². The van der Waals surface area contributed by atoms with Crippen LogP contribution >= 0.6 is 0 Å². The fourth-order valence-corrected chi connectivity index (χ4v) is 1.98. The predicted octanol–water partition coefficient (Wildman–Crippen LogP) is 2.68. The van der Waals surface area contributed by atoms with Crippen molar-refractivity contribution >= 4 is 11.6 Å². The van der Waals surface area contributed by atoms with Crippen molar-refractivity contribution in [1.82, 2.24) is 9.97 Å². The minimum atomic E-state index is 0.376. The Balaban J connectivity index is 2.33. The summed E-state index contributed by atoms with van der Waals surface area (Å²) in [5.41, 5.74) is 2.54. The van der Waals surface area contributed by atoms with Crippen molar-refractivity contribution in [3.05, 3.63) is 11.9 Å². The van der Waals surface area contributed by atoms with Crippen LogP contribution in [0.25, 0.3) is 0 Å². The third-order valence-corrected chi connectivity index (χ3v) is 3.03. The fraction of sp³-hybridized carbons (Fsp3) is 0.714. The van der Waals surface area contributed by atoms with Crippen LogP contribution in [0.3, 0.4) is 0 Å². The topological polar surface area (TPSA) is 85.1 Å². The molecule has 6 heteroatoms. The second kappa shape index (κ2) is 10.4. The predicted molar refractivity (Wildman–Crippen MR) is 82.4 cm³/mol. The lowest BCUT2D eigenvalue weighted by Crippen LogP contribution is -2.13. The second-order valence-corrected chi connectivity index (χ2v) is 4.83. The van der Waals surface area contributed by atoms with Crippen molar-refractivity contribution in [2.45, 2.75) is 52.1 Å². The van der Waals surface area contributed by atoms with Crippen LogP contribution in [0.4, 0.5) is 11.6 Å². The highest BCUT2D eigenvalue weighted by atomic mass is 16.5. The minimum absolute atomic E-state index is 0.376. The van der Waals surface area contributed by atoms with Crippen LogP contribution < -0.4 is 16.6 Å². The van der Waals surface area contributed by atoms with Crippen LogP contribution in [0.5, 0.6) is 0 Å². The summed E-state index contributed by atoms with van der Waals surface area (Å²) in [6.45, 7) is 3.53.